The lowest BCUT2D eigenvalue weighted by Crippen LogP contribution is -2.20. The number of aromatic nitrogens is 2. The lowest BCUT2D eigenvalue weighted by molar-refractivity contribution is 0.601. The summed E-state index contributed by atoms with van der Waals surface area (Å²) in [6.07, 6.45) is 0.553. The zero-order valence-corrected chi connectivity index (χ0v) is 10.0. The lowest BCUT2D eigenvalue weighted by atomic mass is 10.1. The van der Waals surface area contributed by atoms with Crippen LogP contribution in [-0.4, -0.2) is 29.9 Å². The molecule has 0 amide bonds. The average molecular weight is 255 g/mol. The fraction of sp³-hybridized carbons (Fsp3) is 0.600. The van der Waals surface area contributed by atoms with Crippen LogP contribution in [0.1, 0.15) is 29.4 Å². The normalized spacial score (nSPS) is 26.0. The molecule has 1 aromatic heterocycles. The van der Waals surface area contributed by atoms with Gasteiger partial charge in [0.2, 0.25) is 0 Å². The standard InChI is InChI=1S/C10H13N3O3S/c14-10-7-3-11-4-8(7)12-9(13-10)6-1-2-17(15,16)5-6/h6,11H,1-5H2,(H,12,13,14). The molecule has 0 spiro atoms. The van der Waals surface area contributed by atoms with E-state index in [9.17, 15) is 13.2 Å². The summed E-state index contributed by atoms with van der Waals surface area (Å²) in [4.78, 5) is 18.9. The number of hydrogen-bond acceptors (Lipinski definition) is 5. The highest BCUT2D eigenvalue weighted by Crippen LogP contribution is 2.26. The van der Waals surface area contributed by atoms with Gasteiger partial charge in [0, 0.05) is 19.0 Å². The summed E-state index contributed by atoms with van der Waals surface area (Å²) in [5.41, 5.74) is 1.29. The number of aromatic amines is 1. The van der Waals surface area contributed by atoms with Crippen molar-refractivity contribution in [2.75, 3.05) is 11.5 Å². The minimum Gasteiger partial charge on any atom is -0.310 e. The van der Waals surface area contributed by atoms with Gasteiger partial charge in [0.1, 0.15) is 5.82 Å². The van der Waals surface area contributed by atoms with Gasteiger partial charge in [0.25, 0.3) is 5.56 Å². The monoisotopic (exact) mass is 255 g/mol. The van der Waals surface area contributed by atoms with Crippen LogP contribution >= 0.6 is 0 Å². The van der Waals surface area contributed by atoms with Gasteiger partial charge in [-0.15, -0.1) is 0 Å². The van der Waals surface area contributed by atoms with E-state index in [-0.39, 0.29) is 23.0 Å². The van der Waals surface area contributed by atoms with Gasteiger partial charge < -0.3 is 10.3 Å². The van der Waals surface area contributed by atoms with Crippen LogP contribution in [0.3, 0.4) is 0 Å². The summed E-state index contributed by atoms with van der Waals surface area (Å²) in [6, 6.07) is 0. The topological polar surface area (TPSA) is 91.9 Å². The predicted molar refractivity (Wildman–Crippen MR) is 61.4 cm³/mol. The van der Waals surface area contributed by atoms with Gasteiger partial charge >= 0.3 is 0 Å². The van der Waals surface area contributed by atoms with Crippen molar-refractivity contribution in [2.24, 2.45) is 0 Å². The Hall–Kier alpha value is -1.21. The molecule has 2 aliphatic heterocycles. The molecule has 92 valence electrons. The van der Waals surface area contributed by atoms with Crippen molar-refractivity contribution in [2.45, 2.75) is 25.4 Å². The van der Waals surface area contributed by atoms with E-state index in [1.807, 2.05) is 0 Å². The van der Waals surface area contributed by atoms with Crippen molar-refractivity contribution in [3.63, 3.8) is 0 Å². The number of hydrogen-bond donors (Lipinski definition) is 2. The Balaban J connectivity index is 2.00. The smallest absolute Gasteiger partial charge is 0.255 e. The van der Waals surface area contributed by atoms with Gasteiger partial charge in [-0.2, -0.15) is 0 Å². The highest BCUT2D eigenvalue weighted by atomic mass is 32.2. The summed E-state index contributed by atoms with van der Waals surface area (Å²) in [5.74, 6) is 0.663. The van der Waals surface area contributed by atoms with Crippen molar-refractivity contribution < 1.29 is 8.42 Å². The first-order valence-corrected chi connectivity index (χ1v) is 7.40. The van der Waals surface area contributed by atoms with Crippen LogP contribution in [0.5, 0.6) is 0 Å². The number of nitrogens with zero attached hydrogens (tertiary/aromatic N) is 1. The van der Waals surface area contributed by atoms with Crippen LogP contribution in [0.15, 0.2) is 4.79 Å². The largest absolute Gasteiger partial charge is 0.310 e. The zero-order valence-electron chi connectivity index (χ0n) is 9.19. The first-order valence-electron chi connectivity index (χ1n) is 5.58. The number of rotatable bonds is 1. The third kappa shape index (κ3) is 1.89. The Morgan fingerprint density at radius 1 is 1.29 bits per heavy atom. The second-order valence-electron chi connectivity index (χ2n) is 4.58. The summed E-state index contributed by atoms with van der Waals surface area (Å²) in [7, 11) is -2.95. The highest BCUT2D eigenvalue weighted by molar-refractivity contribution is 7.91. The Morgan fingerprint density at radius 3 is 2.82 bits per heavy atom. The van der Waals surface area contributed by atoms with E-state index in [0.717, 1.165) is 5.69 Å². The summed E-state index contributed by atoms with van der Waals surface area (Å²) >= 11 is 0. The summed E-state index contributed by atoms with van der Waals surface area (Å²) in [6.45, 7) is 1.13. The van der Waals surface area contributed by atoms with Gasteiger partial charge in [0.15, 0.2) is 9.84 Å². The van der Waals surface area contributed by atoms with Crippen LogP contribution < -0.4 is 10.9 Å². The molecular formula is C10H13N3O3S. The predicted octanol–water partition coefficient (Wildman–Crippen LogP) is -0.725. The number of H-pyrrole nitrogens is 1. The van der Waals surface area contributed by atoms with Crippen molar-refractivity contribution >= 4 is 9.84 Å². The molecule has 1 fully saturated rings. The molecular weight excluding hydrogens is 242 g/mol. The maximum absolute atomic E-state index is 11.8. The molecule has 6 nitrogen and oxygen atoms in total. The van der Waals surface area contributed by atoms with Crippen molar-refractivity contribution in [1.29, 1.82) is 0 Å². The van der Waals surface area contributed by atoms with E-state index < -0.39 is 9.84 Å². The Kier molecular flexibility index (Phi) is 2.34. The molecule has 2 N–H and O–H groups in total. The van der Waals surface area contributed by atoms with E-state index in [4.69, 9.17) is 0 Å². The van der Waals surface area contributed by atoms with Crippen LogP contribution in [0.25, 0.3) is 0 Å². The van der Waals surface area contributed by atoms with Gasteiger partial charge in [-0.3, -0.25) is 4.79 Å². The Bertz CT molecular complexity index is 620. The molecule has 0 radical (unpaired) electrons. The average Bonchev–Trinajstić information content (AvgIpc) is 2.84. The van der Waals surface area contributed by atoms with Crippen LogP contribution in [-0.2, 0) is 22.9 Å². The van der Waals surface area contributed by atoms with Crippen LogP contribution in [0.4, 0.5) is 0 Å². The van der Waals surface area contributed by atoms with Gasteiger partial charge in [-0.25, -0.2) is 13.4 Å². The Morgan fingerprint density at radius 2 is 2.12 bits per heavy atom. The van der Waals surface area contributed by atoms with Crippen molar-refractivity contribution in [3.8, 4) is 0 Å². The molecule has 3 rings (SSSR count). The quantitative estimate of drug-likeness (QED) is 0.690. The maximum atomic E-state index is 11.8. The second kappa shape index (κ2) is 3.64. The molecule has 17 heavy (non-hydrogen) atoms. The van der Waals surface area contributed by atoms with E-state index in [2.05, 4.69) is 15.3 Å². The SMILES string of the molecule is O=c1[nH]c(C2CCS(=O)(=O)C2)nc2c1CNC2. The molecule has 1 unspecified atom stereocenters. The van der Waals surface area contributed by atoms with E-state index in [1.165, 1.54) is 0 Å². The minimum atomic E-state index is -2.95. The number of nitrogens with one attached hydrogen (secondary N) is 2. The molecule has 1 saturated heterocycles. The molecule has 2 aliphatic rings. The zero-order chi connectivity index (χ0) is 12.0. The lowest BCUT2D eigenvalue weighted by Gasteiger charge is -2.08. The second-order valence-corrected chi connectivity index (χ2v) is 6.81. The first kappa shape index (κ1) is 10.9. The van der Waals surface area contributed by atoms with Gasteiger partial charge in [-0.1, -0.05) is 0 Å². The van der Waals surface area contributed by atoms with E-state index in [1.54, 1.807) is 0 Å². The molecule has 0 aliphatic carbocycles. The minimum absolute atomic E-state index is 0.0994. The molecule has 7 heteroatoms. The highest BCUT2D eigenvalue weighted by Gasteiger charge is 2.31. The molecule has 0 bridgehead atoms. The van der Waals surface area contributed by atoms with E-state index >= 15 is 0 Å². The van der Waals surface area contributed by atoms with Crippen LogP contribution in [0, 0.1) is 0 Å². The number of fused-ring (bicyclic) bond motifs is 1. The van der Waals surface area contributed by atoms with E-state index in [0.29, 0.717) is 30.9 Å². The summed E-state index contributed by atoms with van der Waals surface area (Å²) < 4.78 is 22.8. The molecule has 1 aromatic rings. The van der Waals surface area contributed by atoms with Crippen molar-refractivity contribution in [3.05, 3.63) is 27.4 Å². The fourth-order valence-electron chi connectivity index (χ4n) is 2.40. The summed E-state index contributed by atoms with van der Waals surface area (Å²) in [5, 5.41) is 3.06. The fourth-order valence-corrected chi connectivity index (χ4v) is 4.15. The maximum Gasteiger partial charge on any atom is 0.255 e. The van der Waals surface area contributed by atoms with Crippen molar-refractivity contribution in [1.82, 2.24) is 15.3 Å². The molecule has 3 heterocycles. The number of sulfone groups is 1. The third-order valence-electron chi connectivity index (χ3n) is 3.33. The van der Waals surface area contributed by atoms with Gasteiger partial charge in [0.05, 0.1) is 22.8 Å². The van der Waals surface area contributed by atoms with Gasteiger partial charge in [-0.05, 0) is 6.42 Å². The molecule has 0 aromatic carbocycles. The molecule has 0 saturated carbocycles. The Labute approximate surface area is 98.4 Å². The first-order chi connectivity index (χ1) is 8.05. The molecule has 1 atom stereocenters. The van der Waals surface area contributed by atoms with Crippen LogP contribution in [0.2, 0.25) is 0 Å². The third-order valence-corrected chi connectivity index (χ3v) is 5.10.